The Labute approximate surface area is 195 Å². The molecule has 0 saturated heterocycles. The van der Waals surface area contributed by atoms with Gasteiger partial charge in [-0.05, 0) is 36.2 Å². The summed E-state index contributed by atoms with van der Waals surface area (Å²) in [6.45, 7) is 3.08. The molecule has 7 nitrogen and oxygen atoms in total. The summed E-state index contributed by atoms with van der Waals surface area (Å²) >= 11 is 1.29. The first-order valence-electron chi connectivity index (χ1n) is 11.0. The van der Waals surface area contributed by atoms with E-state index in [-0.39, 0.29) is 23.0 Å². The van der Waals surface area contributed by atoms with Gasteiger partial charge in [0.2, 0.25) is 11.7 Å². The molecule has 2 aromatic carbocycles. The van der Waals surface area contributed by atoms with E-state index in [1.54, 1.807) is 28.6 Å². The highest BCUT2D eigenvalue weighted by Gasteiger charge is 2.18. The van der Waals surface area contributed by atoms with E-state index in [9.17, 15) is 14.0 Å². The first-order chi connectivity index (χ1) is 16.0. The van der Waals surface area contributed by atoms with Crippen molar-refractivity contribution in [3.05, 3.63) is 70.3 Å². The molecule has 0 radical (unpaired) electrons. The zero-order valence-corrected chi connectivity index (χ0v) is 19.5. The summed E-state index contributed by atoms with van der Waals surface area (Å²) in [5.41, 5.74) is 1.50. The zero-order valence-electron chi connectivity index (χ0n) is 18.7. The van der Waals surface area contributed by atoms with Crippen LogP contribution in [0.1, 0.15) is 31.7 Å². The van der Waals surface area contributed by atoms with Crippen LogP contribution < -0.4 is 5.56 Å². The molecule has 9 heteroatoms. The third-order valence-electron chi connectivity index (χ3n) is 5.55. The van der Waals surface area contributed by atoms with Crippen molar-refractivity contribution in [3.8, 4) is 0 Å². The molecule has 0 aliphatic carbocycles. The van der Waals surface area contributed by atoms with Gasteiger partial charge in [0.15, 0.2) is 5.16 Å². The van der Waals surface area contributed by atoms with E-state index < -0.39 is 0 Å². The maximum Gasteiger partial charge on any atom is 0.262 e. The van der Waals surface area contributed by atoms with Gasteiger partial charge < -0.3 is 4.90 Å². The van der Waals surface area contributed by atoms with Crippen molar-refractivity contribution in [1.82, 2.24) is 24.1 Å². The predicted octanol–water partition coefficient (Wildman–Crippen LogP) is 4.12. The van der Waals surface area contributed by atoms with Crippen LogP contribution in [0.25, 0.3) is 16.7 Å². The minimum atomic E-state index is -0.303. The minimum Gasteiger partial charge on any atom is -0.341 e. The molecule has 1 amide bonds. The van der Waals surface area contributed by atoms with E-state index in [0.29, 0.717) is 29.4 Å². The Balaban J connectivity index is 1.58. The summed E-state index contributed by atoms with van der Waals surface area (Å²) in [5, 5.41) is 9.77. The quantitative estimate of drug-likeness (QED) is 0.273. The summed E-state index contributed by atoms with van der Waals surface area (Å²) in [4.78, 5) is 27.4. The molecule has 172 valence electrons. The van der Waals surface area contributed by atoms with Crippen LogP contribution in [0.2, 0.25) is 0 Å². The van der Waals surface area contributed by atoms with E-state index in [0.717, 1.165) is 30.3 Å². The van der Waals surface area contributed by atoms with Gasteiger partial charge in [0.05, 0.1) is 16.7 Å². The van der Waals surface area contributed by atoms with E-state index in [2.05, 4.69) is 17.1 Å². The average molecular weight is 468 g/mol. The first-order valence-corrected chi connectivity index (χ1v) is 12.0. The second kappa shape index (κ2) is 10.2. The largest absolute Gasteiger partial charge is 0.341 e. The van der Waals surface area contributed by atoms with Crippen LogP contribution in [-0.4, -0.2) is 42.8 Å². The molecule has 2 aromatic heterocycles. The number of fused-ring (bicyclic) bond motifs is 3. The molecule has 2 heterocycles. The lowest BCUT2D eigenvalue weighted by Gasteiger charge is -2.17. The Morgan fingerprint density at radius 2 is 1.85 bits per heavy atom. The van der Waals surface area contributed by atoms with Gasteiger partial charge in [-0.3, -0.25) is 18.6 Å². The van der Waals surface area contributed by atoms with Crippen molar-refractivity contribution in [3.63, 3.8) is 0 Å². The highest BCUT2D eigenvalue weighted by atomic mass is 32.2. The molecule has 0 fully saturated rings. The van der Waals surface area contributed by atoms with Crippen molar-refractivity contribution >= 4 is 34.3 Å². The molecule has 4 rings (SSSR count). The van der Waals surface area contributed by atoms with Crippen LogP contribution in [0.4, 0.5) is 4.39 Å². The van der Waals surface area contributed by atoms with Crippen LogP contribution in [-0.2, 0) is 17.9 Å². The maximum absolute atomic E-state index is 13.1. The van der Waals surface area contributed by atoms with Gasteiger partial charge in [-0.1, -0.05) is 55.8 Å². The van der Waals surface area contributed by atoms with Gasteiger partial charge in [-0.25, -0.2) is 4.39 Å². The van der Waals surface area contributed by atoms with E-state index >= 15 is 0 Å². The summed E-state index contributed by atoms with van der Waals surface area (Å²) in [6.07, 6.45) is 2.96. The molecule has 0 aliphatic heterocycles. The van der Waals surface area contributed by atoms with Crippen molar-refractivity contribution < 1.29 is 9.18 Å². The maximum atomic E-state index is 13.1. The number of carbonyl (C=O) groups excluding carboxylic acids is 1. The lowest BCUT2D eigenvalue weighted by molar-refractivity contribution is -0.127. The van der Waals surface area contributed by atoms with Crippen LogP contribution in [0, 0.1) is 5.82 Å². The normalized spacial score (nSPS) is 11.4. The van der Waals surface area contributed by atoms with E-state index in [1.807, 2.05) is 28.7 Å². The number of thioether (sulfide) groups is 1. The number of unbranched alkanes of at least 4 members (excludes halogenated alkanes) is 2. The standard InChI is InChI=1S/C24H26FN5O2S/c1-3-4-7-14-29-22(32)19-8-5-6-9-20(19)30-23(29)26-27-24(30)33-16-21(31)28(2)15-17-10-12-18(25)13-11-17/h5-6,8-13H,3-4,7,14-16H2,1-2H3. The van der Waals surface area contributed by atoms with Gasteiger partial charge in [0, 0.05) is 20.1 Å². The number of amides is 1. The number of hydrogen-bond donors (Lipinski definition) is 0. The summed E-state index contributed by atoms with van der Waals surface area (Å²) < 4.78 is 16.7. The van der Waals surface area contributed by atoms with Gasteiger partial charge >= 0.3 is 0 Å². The number of hydrogen-bond acceptors (Lipinski definition) is 5. The number of aryl methyl sites for hydroxylation is 1. The summed E-state index contributed by atoms with van der Waals surface area (Å²) in [5.74, 6) is 0.273. The summed E-state index contributed by atoms with van der Waals surface area (Å²) in [7, 11) is 1.72. The van der Waals surface area contributed by atoms with Crippen molar-refractivity contribution in [2.45, 2.75) is 44.4 Å². The number of rotatable bonds is 9. The first kappa shape index (κ1) is 23.0. The van der Waals surface area contributed by atoms with E-state index in [1.165, 1.54) is 23.9 Å². The lowest BCUT2D eigenvalue weighted by atomic mass is 10.2. The second-order valence-electron chi connectivity index (χ2n) is 7.96. The fraction of sp³-hybridized carbons (Fsp3) is 0.333. The van der Waals surface area contributed by atoms with Gasteiger partial charge in [0.25, 0.3) is 5.56 Å². The third-order valence-corrected chi connectivity index (χ3v) is 6.46. The molecule has 0 atom stereocenters. The molecule has 0 bridgehead atoms. The lowest BCUT2D eigenvalue weighted by Crippen LogP contribution is -2.28. The number of halogens is 1. The van der Waals surface area contributed by atoms with Crippen LogP contribution in [0.5, 0.6) is 0 Å². The Morgan fingerprint density at radius 3 is 2.61 bits per heavy atom. The molecular formula is C24H26FN5O2S. The second-order valence-corrected chi connectivity index (χ2v) is 8.91. The topological polar surface area (TPSA) is 72.5 Å². The fourth-order valence-electron chi connectivity index (χ4n) is 3.74. The highest BCUT2D eigenvalue weighted by molar-refractivity contribution is 7.99. The number of para-hydroxylation sites is 1. The Bertz CT molecular complexity index is 1330. The molecule has 0 unspecified atom stereocenters. The molecule has 33 heavy (non-hydrogen) atoms. The molecular weight excluding hydrogens is 441 g/mol. The van der Waals surface area contributed by atoms with Crippen LogP contribution >= 0.6 is 11.8 Å². The minimum absolute atomic E-state index is 0.0757. The average Bonchev–Trinajstić information content (AvgIpc) is 3.25. The molecule has 0 aliphatic rings. The van der Waals surface area contributed by atoms with Gasteiger partial charge in [0.1, 0.15) is 5.82 Å². The van der Waals surface area contributed by atoms with Crippen molar-refractivity contribution in [2.24, 2.45) is 0 Å². The molecule has 4 aromatic rings. The smallest absolute Gasteiger partial charge is 0.262 e. The Kier molecular flexibility index (Phi) is 7.08. The van der Waals surface area contributed by atoms with Crippen molar-refractivity contribution in [1.29, 1.82) is 0 Å². The van der Waals surface area contributed by atoms with Crippen LogP contribution in [0.15, 0.2) is 58.5 Å². The molecule has 0 saturated carbocycles. The Hall–Kier alpha value is -3.20. The Morgan fingerprint density at radius 1 is 1.09 bits per heavy atom. The van der Waals surface area contributed by atoms with Crippen molar-refractivity contribution in [2.75, 3.05) is 12.8 Å². The molecule has 0 spiro atoms. The number of nitrogens with zero attached hydrogens (tertiary/aromatic N) is 5. The number of aromatic nitrogens is 4. The summed E-state index contributed by atoms with van der Waals surface area (Å²) in [6, 6.07) is 13.5. The predicted molar refractivity (Wildman–Crippen MR) is 128 cm³/mol. The van der Waals surface area contributed by atoms with E-state index in [4.69, 9.17) is 0 Å². The number of benzene rings is 2. The fourth-order valence-corrected chi connectivity index (χ4v) is 4.62. The third kappa shape index (κ3) is 4.93. The van der Waals surface area contributed by atoms with Crippen LogP contribution in [0.3, 0.4) is 0 Å². The van der Waals surface area contributed by atoms with Gasteiger partial charge in [-0.2, -0.15) is 0 Å². The molecule has 0 N–H and O–H groups in total. The SMILES string of the molecule is CCCCCn1c(=O)c2ccccc2n2c(SCC(=O)N(C)Cc3ccc(F)cc3)nnc12. The monoisotopic (exact) mass is 467 g/mol. The zero-order chi connectivity index (χ0) is 23.4. The van der Waals surface area contributed by atoms with Gasteiger partial charge in [-0.15, -0.1) is 10.2 Å². The number of carbonyl (C=O) groups is 1. The highest BCUT2D eigenvalue weighted by Crippen LogP contribution is 2.22.